The Labute approximate surface area is 119 Å². The van der Waals surface area contributed by atoms with Gasteiger partial charge in [-0.3, -0.25) is 0 Å². The number of halogens is 1. The van der Waals surface area contributed by atoms with Gasteiger partial charge in [0, 0.05) is 4.88 Å². The van der Waals surface area contributed by atoms with Gasteiger partial charge in [0.25, 0.3) is 0 Å². The third-order valence-electron chi connectivity index (χ3n) is 2.53. The highest BCUT2D eigenvalue weighted by atomic mass is 79.9. The minimum Gasteiger partial charge on any atom is -0.494 e. The molecule has 0 aliphatic carbocycles. The number of aliphatic hydroxyl groups excluding tert-OH is 1. The molecule has 18 heavy (non-hydrogen) atoms. The van der Waals surface area contributed by atoms with Crippen molar-refractivity contribution in [1.82, 2.24) is 0 Å². The smallest absolute Gasteiger partial charge is 0.119 e. The molecule has 2 nitrogen and oxygen atoms in total. The van der Waals surface area contributed by atoms with Gasteiger partial charge in [0.2, 0.25) is 0 Å². The zero-order valence-corrected chi connectivity index (χ0v) is 12.5. The summed E-state index contributed by atoms with van der Waals surface area (Å²) in [7, 11) is 0. The summed E-state index contributed by atoms with van der Waals surface area (Å²) in [4.78, 5) is 0.934. The van der Waals surface area contributed by atoms with E-state index < -0.39 is 6.10 Å². The van der Waals surface area contributed by atoms with Gasteiger partial charge >= 0.3 is 0 Å². The highest BCUT2D eigenvalue weighted by Crippen LogP contribution is 2.31. The average molecular weight is 327 g/mol. The SMILES string of the molecule is CCCOc1ccc(C(O)c2ccc(Br)s2)cc1. The molecule has 0 saturated heterocycles. The van der Waals surface area contributed by atoms with Crippen LogP contribution in [0, 0.1) is 0 Å². The van der Waals surface area contributed by atoms with Crippen LogP contribution >= 0.6 is 27.3 Å². The third kappa shape index (κ3) is 3.34. The van der Waals surface area contributed by atoms with E-state index in [2.05, 4.69) is 22.9 Å². The van der Waals surface area contributed by atoms with E-state index in [1.54, 1.807) is 11.3 Å². The van der Waals surface area contributed by atoms with Crippen molar-refractivity contribution in [2.24, 2.45) is 0 Å². The first-order chi connectivity index (χ1) is 8.70. The van der Waals surface area contributed by atoms with Crippen LogP contribution in [-0.4, -0.2) is 11.7 Å². The number of aliphatic hydroxyl groups is 1. The molecule has 0 bridgehead atoms. The van der Waals surface area contributed by atoms with Crippen LogP contribution < -0.4 is 4.74 Å². The van der Waals surface area contributed by atoms with Gasteiger partial charge in [-0.15, -0.1) is 11.3 Å². The fraction of sp³-hybridized carbons (Fsp3) is 0.286. The molecule has 96 valence electrons. The molecule has 4 heteroatoms. The van der Waals surface area contributed by atoms with Crippen molar-refractivity contribution in [3.8, 4) is 5.75 Å². The first-order valence-electron chi connectivity index (χ1n) is 5.86. The van der Waals surface area contributed by atoms with Crippen LogP contribution in [-0.2, 0) is 0 Å². The molecule has 2 aromatic rings. The molecule has 0 amide bonds. The topological polar surface area (TPSA) is 29.5 Å². The van der Waals surface area contributed by atoms with E-state index in [4.69, 9.17) is 4.74 Å². The number of rotatable bonds is 5. The highest BCUT2D eigenvalue weighted by Gasteiger charge is 2.12. The molecule has 0 fully saturated rings. The van der Waals surface area contributed by atoms with Crippen LogP contribution in [0.4, 0.5) is 0 Å². The van der Waals surface area contributed by atoms with E-state index in [0.717, 1.165) is 33.0 Å². The zero-order valence-electron chi connectivity index (χ0n) is 10.1. The summed E-state index contributed by atoms with van der Waals surface area (Å²) in [6.45, 7) is 2.80. The van der Waals surface area contributed by atoms with Gasteiger partial charge in [-0.1, -0.05) is 19.1 Å². The Kier molecular flexibility index (Phi) is 4.80. The normalized spacial score (nSPS) is 12.4. The first-order valence-corrected chi connectivity index (χ1v) is 7.47. The van der Waals surface area contributed by atoms with Crippen molar-refractivity contribution < 1.29 is 9.84 Å². The standard InChI is InChI=1S/C14H15BrO2S/c1-2-9-17-11-5-3-10(4-6-11)14(16)12-7-8-13(15)18-12/h3-8,14,16H,2,9H2,1H3. The van der Waals surface area contributed by atoms with E-state index >= 15 is 0 Å². The van der Waals surface area contributed by atoms with Gasteiger partial charge in [0.15, 0.2) is 0 Å². The Bertz CT molecular complexity index is 493. The lowest BCUT2D eigenvalue weighted by Gasteiger charge is -2.10. The summed E-state index contributed by atoms with van der Waals surface area (Å²) in [6, 6.07) is 11.5. The quantitative estimate of drug-likeness (QED) is 0.883. The van der Waals surface area contributed by atoms with Gasteiger partial charge in [-0.2, -0.15) is 0 Å². The average Bonchev–Trinajstić information content (AvgIpc) is 2.83. The Morgan fingerprint density at radius 3 is 2.50 bits per heavy atom. The Morgan fingerprint density at radius 2 is 1.94 bits per heavy atom. The molecular formula is C14H15BrO2S. The van der Waals surface area contributed by atoms with E-state index in [-0.39, 0.29) is 0 Å². The molecule has 1 unspecified atom stereocenters. The lowest BCUT2D eigenvalue weighted by atomic mass is 10.1. The molecule has 0 saturated carbocycles. The minimum absolute atomic E-state index is 0.568. The largest absolute Gasteiger partial charge is 0.494 e. The molecule has 1 atom stereocenters. The van der Waals surface area contributed by atoms with Gasteiger partial charge in [-0.05, 0) is 52.2 Å². The summed E-state index contributed by atoms with van der Waals surface area (Å²) in [5.41, 5.74) is 0.883. The minimum atomic E-state index is -0.568. The monoisotopic (exact) mass is 326 g/mol. The second-order valence-electron chi connectivity index (χ2n) is 3.96. The van der Waals surface area contributed by atoms with Crippen molar-refractivity contribution in [1.29, 1.82) is 0 Å². The predicted octanol–water partition coefficient (Wildman–Crippen LogP) is 4.38. The second kappa shape index (κ2) is 6.36. The van der Waals surface area contributed by atoms with Crippen LogP contribution in [0.5, 0.6) is 5.75 Å². The number of ether oxygens (including phenoxy) is 1. The first kappa shape index (κ1) is 13.6. The van der Waals surface area contributed by atoms with Crippen molar-refractivity contribution in [3.63, 3.8) is 0 Å². The summed E-state index contributed by atoms with van der Waals surface area (Å²) in [5, 5.41) is 10.2. The number of hydrogen-bond acceptors (Lipinski definition) is 3. The molecule has 0 radical (unpaired) electrons. The molecule has 1 heterocycles. The van der Waals surface area contributed by atoms with E-state index in [0.29, 0.717) is 0 Å². The third-order valence-corrected chi connectivity index (χ3v) is 4.21. The van der Waals surface area contributed by atoms with Gasteiger partial charge in [-0.25, -0.2) is 0 Å². The van der Waals surface area contributed by atoms with Crippen LogP contribution in [0.15, 0.2) is 40.2 Å². The van der Waals surface area contributed by atoms with Crippen LogP contribution in [0.3, 0.4) is 0 Å². The van der Waals surface area contributed by atoms with Gasteiger partial charge in [0.1, 0.15) is 11.9 Å². The van der Waals surface area contributed by atoms with Crippen LogP contribution in [0.2, 0.25) is 0 Å². The maximum Gasteiger partial charge on any atom is 0.119 e. The maximum absolute atomic E-state index is 10.2. The molecule has 0 aliphatic heterocycles. The maximum atomic E-state index is 10.2. The molecule has 0 spiro atoms. The van der Waals surface area contributed by atoms with Crippen molar-refractivity contribution >= 4 is 27.3 Å². The lowest BCUT2D eigenvalue weighted by Crippen LogP contribution is -1.98. The summed E-state index contributed by atoms with van der Waals surface area (Å²) in [5.74, 6) is 0.847. The van der Waals surface area contributed by atoms with E-state index in [1.165, 1.54) is 0 Å². The summed E-state index contributed by atoms with van der Waals surface area (Å²) >= 11 is 4.94. The van der Waals surface area contributed by atoms with E-state index in [1.807, 2.05) is 36.4 Å². The highest BCUT2D eigenvalue weighted by molar-refractivity contribution is 9.11. The van der Waals surface area contributed by atoms with Crippen molar-refractivity contribution in [2.75, 3.05) is 6.61 Å². The predicted molar refractivity (Wildman–Crippen MR) is 78.3 cm³/mol. The zero-order chi connectivity index (χ0) is 13.0. The lowest BCUT2D eigenvalue weighted by molar-refractivity contribution is 0.224. The van der Waals surface area contributed by atoms with Gasteiger partial charge < -0.3 is 9.84 Å². The number of hydrogen-bond donors (Lipinski definition) is 1. The molecule has 0 aliphatic rings. The fourth-order valence-corrected chi connectivity index (χ4v) is 3.04. The Balaban J connectivity index is 2.09. The number of benzene rings is 1. The van der Waals surface area contributed by atoms with Crippen LogP contribution in [0.1, 0.15) is 29.9 Å². The van der Waals surface area contributed by atoms with E-state index in [9.17, 15) is 5.11 Å². The Morgan fingerprint density at radius 1 is 1.22 bits per heavy atom. The fourth-order valence-electron chi connectivity index (χ4n) is 1.61. The second-order valence-corrected chi connectivity index (χ2v) is 6.46. The Hall–Kier alpha value is -0.840. The molecule has 1 N–H and O–H groups in total. The van der Waals surface area contributed by atoms with Crippen molar-refractivity contribution in [2.45, 2.75) is 19.4 Å². The van der Waals surface area contributed by atoms with Crippen molar-refractivity contribution in [3.05, 3.63) is 50.6 Å². The molecule has 2 rings (SSSR count). The molecule has 1 aromatic heterocycles. The summed E-state index contributed by atoms with van der Waals surface area (Å²) in [6.07, 6.45) is 0.426. The number of thiophene rings is 1. The summed E-state index contributed by atoms with van der Waals surface area (Å²) < 4.78 is 6.54. The van der Waals surface area contributed by atoms with Crippen LogP contribution in [0.25, 0.3) is 0 Å². The molecular weight excluding hydrogens is 312 g/mol. The van der Waals surface area contributed by atoms with Gasteiger partial charge in [0.05, 0.1) is 10.4 Å². The molecule has 1 aromatic carbocycles.